The Labute approximate surface area is 109 Å². The first-order valence-corrected chi connectivity index (χ1v) is 8.01. The molecule has 0 amide bonds. The zero-order valence-electron chi connectivity index (χ0n) is 11.1. The molecule has 1 unspecified atom stereocenters. The van der Waals surface area contributed by atoms with Crippen LogP contribution in [0.3, 0.4) is 0 Å². The second kappa shape index (κ2) is 7.40. The Morgan fingerprint density at radius 2 is 1.94 bits per heavy atom. The van der Waals surface area contributed by atoms with Crippen molar-refractivity contribution in [3.63, 3.8) is 0 Å². The summed E-state index contributed by atoms with van der Waals surface area (Å²) < 4.78 is 23.3. The van der Waals surface area contributed by atoms with Crippen molar-refractivity contribution in [2.75, 3.05) is 12.8 Å². The van der Waals surface area contributed by atoms with Gasteiger partial charge in [-0.3, -0.25) is 0 Å². The van der Waals surface area contributed by atoms with Crippen LogP contribution in [0.1, 0.15) is 32.3 Å². The van der Waals surface area contributed by atoms with E-state index < -0.39 is 7.60 Å². The van der Waals surface area contributed by atoms with E-state index in [2.05, 4.69) is 6.58 Å². The van der Waals surface area contributed by atoms with Crippen LogP contribution in [-0.2, 0) is 13.6 Å². The van der Waals surface area contributed by atoms with Crippen LogP contribution >= 0.6 is 7.60 Å². The third-order valence-electron chi connectivity index (χ3n) is 2.46. The molecule has 0 fully saturated rings. The summed E-state index contributed by atoms with van der Waals surface area (Å²) in [6, 6.07) is 9.44. The van der Waals surface area contributed by atoms with Crippen LogP contribution in [0, 0.1) is 0 Å². The first-order valence-electron chi connectivity index (χ1n) is 6.29. The quantitative estimate of drug-likeness (QED) is 0.506. The Morgan fingerprint density at radius 3 is 2.50 bits per heavy atom. The van der Waals surface area contributed by atoms with Gasteiger partial charge in [-0.2, -0.15) is 0 Å². The summed E-state index contributed by atoms with van der Waals surface area (Å²) in [7, 11) is -3.06. The maximum atomic E-state index is 12.5. The number of benzene rings is 1. The molecule has 100 valence electrons. The SMILES string of the molecule is C=C(OP(=O)(CCCC)OCC)c1ccccc1. The van der Waals surface area contributed by atoms with Gasteiger partial charge in [0.1, 0.15) is 5.76 Å². The molecule has 1 atom stereocenters. The molecule has 0 aliphatic rings. The van der Waals surface area contributed by atoms with E-state index in [0.717, 1.165) is 18.4 Å². The van der Waals surface area contributed by atoms with E-state index >= 15 is 0 Å². The van der Waals surface area contributed by atoms with Gasteiger partial charge in [-0.25, -0.2) is 4.57 Å². The predicted octanol–water partition coefficient (Wildman–Crippen LogP) is 4.70. The molecule has 0 aliphatic carbocycles. The number of hydrogen-bond donors (Lipinski definition) is 0. The van der Waals surface area contributed by atoms with Crippen LogP contribution in [-0.4, -0.2) is 12.8 Å². The molecule has 0 N–H and O–H groups in total. The van der Waals surface area contributed by atoms with Crippen molar-refractivity contribution in [2.24, 2.45) is 0 Å². The normalized spacial score (nSPS) is 13.9. The Balaban J connectivity index is 2.72. The van der Waals surface area contributed by atoms with Gasteiger partial charge in [-0.15, -0.1) is 0 Å². The van der Waals surface area contributed by atoms with E-state index in [1.807, 2.05) is 44.2 Å². The topological polar surface area (TPSA) is 35.5 Å². The van der Waals surface area contributed by atoms with Crippen molar-refractivity contribution in [3.8, 4) is 0 Å². The molecule has 0 saturated heterocycles. The van der Waals surface area contributed by atoms with Crippen molar-refractivity contribution >= 4 is 13.4 Å². The minimum Gasteiger partial charge on any atom is -0.424 e. The lowest BCUT2D eigenvalue weighted by Gasteiger charge is -2.19. The monoisotopic (exact) mass is 268 g/mol. The standard InChI is InChI=1S/C14H21O3P/c1-4-6-12-18(15,16-5-2)17-13(3)14-10-8-7-9-11-14/h7-11H,3-6,12H2,1-2H3. The predicted molar refractivity (Wildman–Crippen MR) is 75.6 cm³/mol. The summed E-state index contributed by atoms with van der Waals surface area (Å²) in [4.78, 5) is 0. The first-order chi connectivity index (χ1) is 8.61. The third-order valence-corrected chi connectivity index (χ3v) is 4.47. The molecule has 0 aliphatic heterocycles. The van der Waals surface area contributed by atoms with E-state index in [9.17, 15) is 4.57 Å². The zero-order chi connectivity index (χ0) is 13.4. The lowest BCUT2D eigenvalue weighted by Crippen LogP contribution is -2.00. The molecule has 0 bridgehead atoms. The largest absolute Gasteiger partial charge is 0.424 e. The molecule has 1 aromatic rings. The summed E-state index contributed by atoms with van der Waals surface area (Å²) in [5.74, 6) is 0.406. The molecule has 18 heavy (non-hydrogen) atoms. The van der Waals surface area contributed by atoms with Crippen molar-refractivity contribution in [1.82, 2.24) is 0 Å². The summed E-state index contributed by atoms with van der Waals surface area (Å²) in [6.07, 6.45) is 2.21. The minimum absolute atomic E-state index is 0.378. The fourth-order valence-electron chi connectivity index (χ4n) is 1.53. The van der Waals surface area contributed by atoms with E-state index in [1.54, 1.807) is 0 Å². The fraction of sp³-hybridized carbons (Fsp3) is 0.429. The average Bonchev–Trinajstić information content (AvgIpc) is 2.38. The van der Waals surface area contributed by atoms with Gasteiger partial charge in [0.25, 0.3) is 0 Å². The van der Waals surface area contributed by atoms with Gasteiger partial charge in [0.05, 0.1) is 12.8 Å². The van der Waals surface area contributed by atoms with Crippen molar-refractivity contribution in [1.29, 1.82) is 0 Å². The highest BCUT2D eigenvalue weighted by atomic mass is 31.2. The molecule has 1 rings (SSSR count). The van der Waals surface area contributed by atoms with Gasteiger partial charge < -0.3 is 9.05 Å². The van der Waals surface area contributed by atoms with Crippen LogP contribution in [0.5, 0.6) is 0 Å². The highest BCUT2D eigenvalue weighted by Gasteiger charge is 2.25. The van der Waals surface area contributed by atoms with E-state index in [-0.39, 0.29) is 0 Å². The molecule has 3 nitrogen and oxygen atoms in total. The number of rotatable bonds is 8. The van der Waals surface area contributed by atoms with Crippen LogP contribution < -0.4 is 0 Å². The van der Waals surface area contributed by atoms with Crippen LogP contribution in [0.2, 0.25) is 0 Å². The molecule has 0 spiro atoms. The maximum Gasteiger partial charge on any atom is 0.379 e. The minimum atomic E-state index is -3.06. The van der Waals surface area contributed by atoms with Gasteiger partial charge in [-0.05, 0) is 13.3 Å². The molecule has 0 heterocycles. The Bertz CT molecular complexity index is 414. The van der Waals surface area contributed by atoms with Gasteiger partial charge in [0, 0.05) is 5.56 Å². The highest BCUT2D eigenvalue weighted by Crippen LogP contribution is 2.52. The molecule has 0 aromatic heterocycles. The number of unbranched alkanes of at least 4 members (excludes halogenated alkanes) is 1. The van der Waals surface area contributed by atoms with Crippen LogP contribution in [0.4, 0.5) is 0 Å². The van der Waals surface area contributed by atoms with Crippen LogP contribution in [0.15, 0.2) is 36.9 Å². The second-order valence-electron chi connectivity index (χ2n) is 3.99. The summed E-state index contributed by atoms with van der Waals surface area (Å²) >= 11 is 0. The molecule has 4 heteroatoms. The van der Waals surface area contributed by atoms with Gasteiger partial charge in [-0.1, -0.05) is 50.3 Å². The van der Waals surface area contributed by atoms with E-state index in [0.29, 0.717) is 18.5 Å². The average molecular weight is 268 g/mol. The molecular weight excluding hydrogens is 247 g/mol. The fourth-order valence-corrected chi connectivity index (χ4v) is 3.34. The molecule has 1 aromatic carbocycles. The third kappa shape index (κ3) is 4.67. The molecular formula is C14H21O3P. The van der Waals surface area contributed by atoms with Crippen molar-refractivity contribution < 1.29 is 13.6 Å². The van der Waals surface area contributed by atoms with Gasteiger partial charge in [0.15, 0.2) is 0 Å². The summed E-state index contributed by atoms with van der Waals surface area (Å²) in [6.45, 7) is 8.06. The second-order valence-corrected chi connectivity index (χ2v) is 6.10. The Hall–Kier alpha value is -1.05. The van der Waals surface area contributed by atoms with Gasteiger partial charge >= 0.3 is 7.60 Å². The highest BCUT2D eigenvalue weighted by molar-refractivity contribution is 7.54. The van der Waals surface area contributed by atoms with E-state index in [4.69, 9.17) is 9.05 Å². The Kier molecular flexibility index (Phi) is 6.17. The van der Waals surface area contributed by atoms with Gasteiger partial charge in [0.2, 0.25) is 0 Å². The van der Waals surface area contributed by atoms with Crippen molar-refractivity contribution in [3.05, 3.63) is 42.5 Å². The summed E-state index contributed by atoms with van der Waals surface area (Å²) in [5.41, 5.74) is 0.828. The van der Waals surface area contributed by atoms with E-state index in [1.165, 1.54) is 0 Å². The van der Waals surface area contributed by atoms with Crippen LogP contribution in [0.25, 0.3) is 5.76 Å². The molecule has 0 saturated carbocycles. The Morgan fingerprint density at radius 1 is 1.28 bits per heavy atom. The smallest absolute Gasteiger partial charge is 0.379 e. The first kappa shape index (κ1) is 15.0. The zero-order valence-corrected chi connectivity index (χ0v) is 12.0. The lowest BCUT2D eigenvalue weighted by atomic mass is 10.2. The maximum absolute atomic E-state index is 12.5. The summed E-state index contributed by atoms with van der Waals surface area (Å²) in [5, 5.41) is 0. The number of hydrogen-bond acceptors (Lipinski definition) is 3. The van der Waals surface area contributed by atoms with Crippen molar-refractivity contribution in [2.45, 2.75) is 26.7 Å². The lowest BCUT2D eigenvalue weighted by molar-refractivity contribution is 0.269. The molecule has 0 radical (unpaired) electrons.